The smallest absolute Gasteiger partial charge is 0.305 e. The molecule has 8 nitrogen and oxygen atoms in total. The number of imide groups is 1. The normalized spacial score (nSPS) is 19.6. The van der Waals surface area contributed by atoms with Gasteiger partial charge in [-0.3, -0.25) is 19.2 Å². The Labute approximate surface area is 260 Å². The van der Waals surface area contributed by atoms with Crippen LogP contribution in [-0.4, -0.2) is 34.6 Å². The van der Waals surface area contributed by atoms with Crippen molar-refractivity contribution < 1.29 is 19.1 Å². The summed E-state index contributed by atoms with van der Waals surface area (Å²) >= 11 is 17.7. The number of nitrogens with zero attached hydrogens (tertiary/aromatic N) is 1. The second-order valence-electron chi connectivity index (χ2n) is 9.25. The zero-order valence-corrected chi connectivity index (χ0v) is 25.5. The molecule has 3 atom stereocenters. The van der Waals surface area contributed by atoms with Crippen LogP contribution in [-0.2, 0) is 14.4 Å². The molecule has 41 heavy (non-hydrogen) atoms. The first-order valence-corrected chi connectivity index (χ1v) is 15.5. The predicted molar refractivity (Wildman–Crippen MR) is 164 cm³/mol. The highest BCUT2D eigenvalue weighted by molar-refractivity contribution is 9.10. The molecular formula is C28H18BrCl2N3O5S2. The third-order valence-corrected chi connectivity index (χ3v) is 10.3. The molecule has 208 valence electrons. The lowest BCUT2D eigenvalue weighted by molar-refractivity contribution is -0.122. The van der Waals surface area contributed by atoms with E-state index in [1.165, 1.54) is 22.7 Å². The average molecular weight is 691 g/mol. The minimum atomic E-state index is -0.798. The second-order valence-corrected chi connectivity index (χ2v) is 13.1. The molecule has 0 radical (unpaired) electrons. The SMILES string of the molecule is O=C(COc1ccc(Br)cc1[C@H]1c2sc(=O)[nH]c2SC2C(=O)N(c3ccccc3)C(=O)C21)Nc1ccc(Cl)c(Cl)c1. The molecule has 0 saturated carbocycles. The van der Waals surface area contributed by atoms with E-state index in [9.17, 15) is 19.2 Å². The number of fused-ring (bicyclic) bond motifs is 2. The van der Waals surface area contributed by atoms with Crippen molar-refractivity contribution in [2.24, 2.45) is 5.92 Å². The van der Waals surface area contributed by atoms with Crippen LogP contribution in [0.5, 0.6) is 5.75 Å². The van der Waals surface area contributed by atoms with Gasteiger partial charge in [-0.25, -0.2) is 4.90 Å². The number of halogens is 3. The summed E-state index contributed by atoms with van der Waals surface area (Å²) in [6.07, 6.45) is 0. The number of carbonyl (C=O) groups excluding carboxylic acids is 3. The van der Waals surface area contributed by atoms with Gasteiger partial charge in [0.25, 0.3) is 5.91 Å². The lowest BCUT2D eigenvalue weighted by Crippen LogP contribution is -2.32. The van der Waals surface area contributed by atoms with Gasteiger partial charge in [-0.15, -0.1) is 0 Å². The number of thiazole rings is 1. The zero-order chi connectivity index (χ0) is 28.8. The standard InChI is InChI=1S/C28H18BrCl2N3O5S2/c29-13-6-9-19(39-12-20(35)32-14-7-8-17(30)18(31)11-14)16(10-13)21-22-24(40-25-23(21)41-28(38)33-25)27(37)34(26(22)36)15-4-2-1-3-5-15/h1-11,21-22,24H,12H2,(H,32,35)(H,33,38)/t21-,22?,24?/m1/s1. The third kappa shape index (κ3) is 5.32. The van der Waals surface area contributed by atoms with Gasteiger partial charge < -0.3 is 15.0 Å². The van der Waals surface area contributed by atoms with Gasteiger partial charge in [-0.1, -0.05) is 80.4 Å². The highest BCUT2D eigenvalue weighted by atomic mass is 79.9. The quantitative estimate of drug-likeness (QED) is 0.229. The fraction of sp³-hybridized carbons (Fsp3) is 0.143. The molecule has 0 spiro atoms. The highest BCUT2D eigenvalue weighted by Crippen LogP contribution is 2.54. The van der Waals surface area contributed by atoms with Crippen molar-refractivity contribution in [3.05, 3.63) is 101 Å². The largest absolute Gasteiger partial charge is 0.483 e. The molecule has 1 saturated heterocycles. The van der Waals surface area contributed by atoms with Crippen LogP contribution in [0.2, 0.25) is 10.0 Å². The van der Waals surface area contributed by atoms with E-state index >= 15 is 0 Å². The number of nitrogens with one attached hydrogen (secondary N) is 2. The number of amides is 3. The Morgan fingerprint density at radius 3 is 2.54 bits per heavy atom. The minimum absolute atomic E-state index is 0.286. The van der Waals surface area contributed by atoms with Crippen LogP contribution in [0.15, 0.2) is 81.0 Å². The van der Waals surface area contributed by atoms with Crippen LogP contribution in [0.25, 0.3) is 0 Å². The molecule has 2 unspecified atom stereocenters. The molecule has 4 aromatic rings. The lowest BCUT2D eigenvalue weighted by atomic mass is 9.82. The molecule has 0 bridgehead atoms. The van der Waals surface area contributed by atoms with Gasteiger partial charge in [0.2, 0.25) is 11.8 Å². The average Bonchev–Trinajstić information content (AvgIpc) is 3.44. The predicted octanol–water partition coefficient (Wildman–Crippen LogP) is 6.32. The molecule has 2 N–H and O–H groups in total. The molecule has 0 aliphatic carbocycles. The zero-order valence-electron chi connectivity index (χ0n) is 20.7. The van der Waals surface area contributed by atoms with Crippen LogP contribution in [0.3, 0.4) is 0 Å². The van der Waals surface area contributed by atoms with E-state index in [0.29, 0.717) is 47.1 Å². The van der Waals surface area contributed by atoms with Crippen LogP contribution < -0.4 is 19.8 Å². The van der Waals surface area contributed by atoms with Gasteiger partial charge in [0, 0.05) is 26.5 Å². The van der Waals surface area contributed by atoms with E-state index < -0.39 is 23.0 Å². The van der Waals surface area contributed by atoms with E-state index in [-0.39, 0.29) is 23.3 Å². The van der Waals surface area contributed by atoms with E-state index in [1.54, 1.807) is 54.6 Å². The van der Waals surface area contributed by atoms with E-state index in [2.05, 4.69) is 26.2 Å². The topological polar surface area (TPSA) is 109 Å². The molecule has 1 fully saturated rings. The molecule has 13 heteroatoms. The number of aromatic nitrogens is 1. The molecule has 2 aliphatic rings. The fourth-order valence-electron chi connectivity index (χ4n) is 4.99. The van der Waals surface area contributed by atoms with Gasteiger partial charge in [0.15, 0.2) is 6.61 Å². The number of thioether (sulfide) groups is 1. The summed E-state index contributed by atoms with van der Waals surface area (Å²) in [6.45, 7) is -0.344. The van der Waals surface area contributed by atoms with Crippen LogP contribution >= 0.6 is 62.2 Å². The molecular weight excluding hydrogens is 673 g/mol. The maximum atomic E-state index is 13.9. The van der Waals surface area contributed by atoms with Crippen molar-refractivity contribution in [3.8, 4) is 5.75 Å². The van der Waals surface area contributed by atoms with Crippen molar-refractivity contribution in [1.29, 1.82) is 0 Å². The van der Waals surface area contributed by atoms with Crippen LogP contribution in [0, 0.1) is 5.92 Å². The molecule has 6 rings (SSSR count). The Kier molecular flexibility index (Phi) is 7.73. The first-order chi connectivity index (χ1) is 19.7. The fourth-order valence-corrected chi connectivity index (χ4v) is 8.17. The number of hydrogen-bond acceptors (Lipinski definition) is 7. The highest BCUT2D eigenvalue weighted by Gasteiger charge is 2.56. The number of hydrogen-bond donors (Lipinski definition) is 2. The number of aromatic amines is 1. The second kappa shape index (κ2) is 11.3. The Morgan fingerprint density at radius 1 is 1.00 bits per heavy atom. The summed E-state index contributed by atoms with van der Waals surface area (Å²) in [5, 5.41) is 3.17. The molecule has 3 aromatic carbocycles. The van der Waals surface area contributed by atoms with Gasteiger partial charge in [0.1, 0.15) is 11.0 Å². The monoisotopic (exact) mass is 689 g/mol. The van der Waals surface area contributed by atoms with Gasteiger partial charge in [-0.05, 0) is 48.5 Å². The van der Waals surface area contributed by atoms with E-state index in [0.717, 1.165) is 11.3 Å². The molecule has 3 heterocycles. The van der Waals surface area contributed by atoms with Crippen LogP contribution in [0.4, 0.5) is 11.4 Å². The summed E-state index contributed by atoms with van der Waals surface area (Å²) in [5.41, 5.74) is 1.51. The number of rotatable bonds is 6. The van der Waals surface area contributed by atoms with Crippen molar-refractivity contribution in [3.63, 3.8) is 0 Å². The van der Waals surface area contributed by atoms with Gasteiger partial charge in [-0.2, -0.15) is 0 Å². The number of benzene rings is 3. The van der Waals surface area contributed by atoms with E-state index in [4.69, 9.17) is 27.9 Å². The first kappa shape index (κ1) is 28.0. The number of ether oxygens (including phenoxy) is 1. The number of anilines is 2. The third-order valence-electron chi connectivity index (χ3n) is 6.71. The van der Waals surface area contributed by atoms with Crippen molar-refractivity contribution in [2.45, 2.75) is 16.2 Å². The minimum Gasteiger partial charge on any atom is -0.483 e. The van der Waals surface area contributed by atoms with Gasteiger partial charge >= 0.3 is 4.87 Å². The van der Waals surface area contributed by atoms with Crippen molar-refractivity contribution >= 4 is 91.3 Å². The number of carbonyl (C=O) groups is 3. The molecule has 2 aliphatic heterocycles. The summed E-state index contributed by atoms with van der Waals surface area (Å²) in [4.78, 5) is 57.1. The summed E-state index contributed by atoms with van der Waals surface area (Å²) in [5.74, 6) is -2.28. The van der Waals surface area contributed by atoms with Crippen molar-refractivity contribution in [1.82, 2.24) is 4.98 Å². The summed E-state index contributed by atoms with van der Waals surface area (Å²) in [7, 11) is 0. The van der Waals surface area contributed by atoms with E-state index in [1.807, 2.05) is 6.07 Å². The first-order valence-electron chi connectivity index (χ1n) is 12.2. The maximum absolute atomic E-state index is 13.9. The Balaban J connectivity index is 1.35. The maximum Gasteiger partial charge on any atom is 0.305 e. The summed E-state index contributed by atoms with van der Waals surface area (Å²) in [6, 6.07) is 18.7. The number of H-pyrrole nitrogens is 1. The number of para-hydroxylation sites is 1. The molecule has 1 aromatic heterocycles. The van der Waals surface area contributed by atoms with Crippen molar-refractivity contribution in [2.75, 3.05) is 16.8 Å². The lowest BCUT2D eigenvalue weighted by Gasteiger charge is -2.31. The molecule has 3 amide bonds. The summed E-state index contributed by atoms with van der Waals surface area (Å²) < 4.78 is 6.69. The Hall–Kier alpha value is -3.09. The Bertz CT molecular complexity index is 1760. The van der Waals surface area contributed by atoms with Crippen LogP contribution in [0.1, 0.15) is 16.4 Å². The van der Waals surface area contributed by atoms with Gasteiger partial charge in [0.05, 0.1) is 26.7 Å². The Morgan fingerprint density at radius 2 is 1.78 bits per heavy atom.